The van der Waals surface area contributed by atoms with Gasteiger partial charge in [0, 0.05) is 12.1 Å². The minimum absolute atomic E-state index is 0.111. The van der Waals surface area contributed by atoms with E-state index in [9.17, 15) is 9.59 Å². The lowest BCUT2D eigenvalue weighted by Crippen LogP contribution is -2.45. The number of aromatic amines is 1. The summed E-state index contributed by atoms with van der Waals surface area (Å²) in [4.78, 5) is 30.6. The molecule has 0 unspecified atom stereocenters. The van der Waals surface area contributed by atoms with Crippen molar-refractivity contribution in [1.29, 1.82) is 0 Å². The van der Waals surface area contributed by atoms with Gasteiger partial charge in [0.25, 0.3) is 11.5 Å². The van der Waals surface area contributed by atoms with Gasteiger partial charge in [0.15, 0.2) is 0 Å². The Morgan fingerprint density at radius 1 is 1.12 bits per heavy atom. The Labute approximate surface area is 153 Å². The van der Waals surface area contributed by atoms with Crippen LogP contribution in [-0.2, 0) is 0 Å². The molecule has 4 rings (SSSR count). The Morgan fingerprint density at radius 3 is 2.35 bits per heavy atom. The van der Waals surface area contributed by atoms with Gasteiger partial charge >= 0.3 is 0 Å². The lowest BCUT2D eigenvalue weighted by molar-refractivity contribution is 0.0585. The average molecular weight is 354 g/mol. The van der Waals surface area contributed by atoms with E-state index in [2.05, 4.69) is 11.9 Å². The second-order valence-electron chi connectivity index (χ2n) is 7.62. The van der Waals surface area contributed by atoms with Crippen molar-refractivity contribution in [2.75, 3.05) is 0 Å². The summed E-state index contributed by atoms with van der Waals surface area (Å²) in [6.07, 6.45) is 9.39. The van der Waals surface area contributed by atoms with E-state index in [1.807, 2.05) is 4.90 Å². The van der Waals surface area contributed by atoms with Gasteiger partial charge in [-0.1, -0.05) is 13.3 Å². The van der Waals surface area contributed by atoms with Gasteiger partial charge in [-0.05, 0) is 68.7 Å². The van der Waals surface area contributed by atoms with Crippen molar-refractivity contribution in [2.45, 2.75) is 64.0 Å². The smallest absolute Gasteiger partial charge is 0.261 e. The van der Waals surface area contributed by atoms with Crippen LogP contribution in [0.2, 0.25) is 0 Å². The molecule has 0 atom stereocenters. The molecule has 1 amide bonds. The summed E-state index contributed by atoms with van der Waals surface area (Å²) in [7, 11) is 0. The van der Waals surface area contributed by atoms with Crippen molar-refractivity contribution in [1.82, 2.24) is 9.88 Å². The number of H-pyrrole nitrogens is 1. The molecule has 0 bridgehead atoms. The monoisotopic (exact) mass is 354 g/mol. The van der Waals surface area contributed by atoms with E-state index in [1.54, 1.807) is 30.5 Å². The molecule has 2 aromatic rings. The zero-order valence-corrected chi connectivity index (χ0v) is 15.2. The zero-order valence-electron chi connectivity index (χ0n) is 15.2. The summed E-state index contributed by atoms with van der Waals surface area (Å²) in [6.45, 7) is 2.24. The Kier molecular flexibility index (Phi) is 4.70. The first-order valence-electron chi connectivity index (χ1n) is 9.77. The van der Waals surface area contributed by atoms with Crippen LogP contribution in [0.1, 0.15) is 62.2 Å². The zero-order chi connectivity index (χ0) is 18.1. The van der Waals surface area contributed by atoms with E-state index >= 15 is 0 Å². The molecule has 2 fully saturated rings. The Bertz CT molecular complexity index is 812. The van der Waals surface area contributed by atoms with Crippen LogP contribution in [0.25, 0.3) is 11.5 Å². The number of aromatic nitrogens is 1. The van der Waals surface area contributed by atoms with E-state index in [-0.39, 0.29) is 23.1 Å². The highest BCUT2D eigenvalue weighted by atomic mass is 16.3. The van der Waals surface area contributed by atoms with Crippen LogP contribution >= 0.6 is 0 Å². The summed E-state index contributed by atoms with van der Waals surface area (Å²) >= 11 is 0. The van der Waals surface area contributed by atoms with Crippen molar-refractivity contribution in [3.8, 4) is 11.5 Å². The van der Waals surface area contributed by atoms with Crippen LogP contribution in [0.15, 0.2) is 39.7 Å². The van der Waals surface area contributed by atoms with Crippen molar-refractivity contribution < 1.29 is 9.21 Å². The molecule has 138 valence electrons. The van der Waals surface area contributed by atoms with Gasteiger partial charge in [0.05, 0.1) is 12.0 Å². The standard InChI is InChI=1S/C21H26N2O3/c1-2-14-5-7-15(8-6-14)23(16-9-10-16)21(25)17-11-12-18(22-20(17)24)19-4-3-13-26-19/h3-4,11-16H,2,5-10H2,1H3,(H,22,24). The highest BCUT2D eigenvalue weighted by Gasteiger charge is 2.39. The van der Waals surface area contributed by atoms with Gasteiger partial charge in [-0.2, -0.15) is 0 Å². The minimum Gasteiger partial charge on any atom is -0.463 e. The lowest BCUT2D eigenvalue weighted by atomic mass is 9.83. The van der Waals surface area contributed by atoms with Crippen LogP contribution in [0.3, 0.4) is 0 Å². The Balaban J connectivity index is 1.56. The molecule has 1 N–H and O–H groups in total. The number of hydrogen-bond donors (Lipinski definition) is 1. The first kappa shape index (κ1) is 17.1. The summed E-state index contributed by atoms with van der Waals surface area (Å²) in [6, 6.07) is 7.55. The predicted octanol–water partition coefficient (Wildman–Crippen LogP) is 4.21. The molecule has 2 saturated carbocycles. The summed E-state index contributed by atoms with van der Waals surface area (Å²) in [5.41, 5.74) is 0.500. The maximum Gasteiger partial charge on any atom is 0.261 e. The number of nitrogens with one attached hydrogen (secondary N) is 1. The third kappa shape index (κ3) is 3.35. The van der Waals surface area contributed by atoms with E-state index in [4.69, 9.17) is 4.42 Å². The first-order chi connectivity index (χ1) is 12.7. The number of amides is 1. The molecular formula is C21H26N2O3. The molecule has 0 saturated heterocycles. The second kappa shape index (κ2) is 7.14. The van der Waals surface area contributed by atoms with Crippen LogP contribution in [-0.4, -0.2) is 27.9 Å². The van der Waals surface area contributed by atoms with Crippen LogP contribution in [0.5, 0.6) is 0 Å². The van der Waals surface area contributed by atoms with E-state index in [0.717, 1.165) is 31.6 Å². The number of pyridine rings is 1. The highest BCUT2D eigenvalue weighted by Crippen LogP contribution is 2.36. The van der Waals surface area contributed by atoms with E-state index in [0.29, 0.717) is 17.5 Å². The molecular weight excluding hydrogens is 328 g/mol. The number of rotatable bonds is 5. The second-order valence-corrected chi connectivity index (χ2v) is 7.62. The Hall–Kier alpha value is -2.30. The van der Waals surface area contributed by atoms with Gasteiger partial charge in [0.2, 0.25) is 0 Å². The maximum absolute atomic E-state index is 13.2. The van der Waals surface area contributed by atoms with Crippen LogP contribution in [0, 0.1) is 5.92 Å². The fourth-order valence-electron chi connectivity index (χ4n) is 4.17. The van der Waals surface area contributed by atoms with Crippen LogP contribution in [0.4, 0.5) is 0 Å². The van der Waals surface area contributed by atoms with Crippen molar-refractivity contribution in [2.24, 2.45) is 5.92 Å². The number of furan rings is 1. The molecule has 0 spiro atoms. The predicted molar refractivity (Wildman–Crippen MR) is 100.0 cm³/mol. The molecule has 2 aliphatic rings. The SMILES string of the molecule is CCC1CCC(N(C(=O)c2ccc(-c3ccco3)[nH]c2=O)C2CC2)CC1. The number of carbonyl (C=O) groups is 1. The van der Waals surface area contributed by atoms with Crippen LogP contribution < -0.4 is 5.56 Å². The molecule has 2 aliphatic carbocycles. The fraction of sp³-hybridized carbons (Fsp3) is 0.524. The maximum atomic E-state index is 13.2. The topological polar surface area (TPSA) is 66.3 Å². The molecule has 0 radical (unpaired) electrons. The van der Waals surface area contributed by atoms with Gasteiger partial charge in [-0.15, -0.1) is 0 Å². The molecule has 5 heteroatoms. The largest absolute Gasteiger partial charge is 0.463 e. The van der Waals surface area contributed by atoms with Crippen molar-refractivity contribution in [3.63, 3.8) is 0 Å². The van der Waals surface area contributed by atoms with Gasteiger partial charge in [0.1, 0.15) is 11.3 Å². The number of carbonyl (C=O) groups excluding carboxylic acids is 1. The molecule has 2 heterocycles. The third-order valence-corrected chi connectivity index (χ3v) is 5.89. The summed E-state index contributed by atoms with van der Waals surface area (Å²) in [5.74, 6) is 1.27. The van der Waals surface area contributed by atoms with Gasteiger partial charge in [-0.3, -0.25) is 9.59 Å². The number of hydrogen-bond acceptors (Lipinski definition) is 3. The van der Waals surface area contributed by atoms with Gasteiger partial charge < -0.3 is 14.3 Å². The average Bonchev–Trinajstić information content (AvgIpc) is 3.33. The fourth-order valence-corrected chi connectivity index (χ4v) is 4.17. The molecule has 0 aliphatic heterocycles. The van der Waals surface area contributed by atoms with Crippen molar-refractivity contribution in [3.05, 3.63) is 46.4 Å². The molecule has 0 aromatic carbocycles. The van der Waals surface area contributed by atoms with E-state index in [1.165, 1.54) is 19.3 Å². The van der Waals surface area contributed by atoms with Crippen molar-refractivity contribution >= 4 is 5.91 Å². The number of nitrogens with zero attached hydrogens (tertiary/aromatic N) is 1. The normalized spacial score (nSPS) is 23.0. The Morgan fingerprint density at radius 2 is 1.81 bits per heavy atom. The molecule has 5 nitrogen and oxygen atoms in total. The third-order valence-electron chi connectivity index (χ3n) is 5.89. The van der Waals surface area contributed by atoms with Gasteiger partial charge in [-0.25, -0.2) is 0 Å². The quantitative estimate of drug-likeness (QED) is 0.875. The summed E-state index contributed by atoms with van der Waals surface area (Å²) < 4.78 is 5.32. The van der Waals surface area contributed by atoms with E-state index < -0.39 is 0 Å². The molecule has 26 heavy (non-hydrogen) atoms. The first-order valence-corrected chi connectivity index (χ1v) is 9.77. The minimum atomic E-state index is -0.336. The lowest BCUT2D eigenvalue weighted by Gasteiger charge is -2.37. The molecule has 2 aromatic heterocycles. The summed E-state index contributed by atoms with van der Waals surface area (Å²) in [5, 5.41) is 0. The highest BCUT2D eigenvalue weighted by molar-refractivity contribution is 5.94.